The third kappa shape index (κ3) is 2.71. The van der Waals surface area contributed by atoms with Gasteiger partial charge in [-0.3, -0.25) is 0 Å². The second-order valence-corrected chi connectivity index (χ2v) is 2.49. The minimum absolute atomic E-state index is 0.0200. The highest BCUT2D eigenvalue weighted by molar-refractivity contribution is 5.24. The van der Waals surface area contributed by atoms with E-state index in [0.29, 0.717) is 0 Å². The minimum Gasteiger partial charge on any atom is -0.476 e. The van der Waals surface area contributed by atoms with E-state index in [0.717, 1.165) is 18.2 Å². The van der Waals surface area contributed by atoms with Gasteiger partial charge in [0.2, 0.25) is 0 Å². The number of rotatable bonds is 2. The first-order valence-electron chi connectivity index (χ1n) is 3.64. The van der Waals surface area contributed by atoms with Gasteiger partial charge in [-0.15, -0.1) is 0 Å². The Balaban J connectivity index is 2.84. The zero-order chi connectivity index (χ0) is 9.84. The van der Waals surface area contributed by atoms with E-state index in [1.807, 2.05) is 0 Å². The van der Waals surface area contributed by atoms with Crippen molar-refractivity contribution in [3.63, 3.8) is 0 Å². The number of nitrogens with zero attached hydrogens (tertiary/aromatic N) is 1. The minimum atomic E-state index is -0.722. The Bertz CT molecular complexity index is 326. The highest BCUT2D eigenvalue weighted by atomic mass is 19.1. The van der Waals surface area contributed by atoms with Crippen LogP contribution in [0, 0.1) is 23.0 Å². The van der Waals surface area contributed by atoms with E-state index in [1.54, 1.807) is 6.07 Å². The van der Waals surface area contributed by atoms with Crippen LogP contribution in [0.15, 0.2) is 18.2 Å². The van der Waals surface area contributed by atoms with Crippen molar-refractivity contribution in [3.05, 3.63) is 29.8 Å². The molecule has 1 rings (SSSR count). The zero-order valence-electron chi connectivity index (χ0n) is 6.92. The summed E-state index contributed by atoms with van der Waals surface area (Å²) in [6, 6.07) is 4.57. The fourth-order valence-electron chi connectivity index (χ4n) is 0.827. The Labute approximate surface area is 74.4 Å². The molecule has 68 valence electrons. The van der Waals surface area contributed by atoms with Crippen LogP contribution < -0.4 is 4.74 Å². The molecule has 0 fully saturated rings. The van der Waals surface area contributed by atoms with E-state index in [2.05, 4.69) is 0 Å². The van der Waals surface area contributed by atoms with Crippen molar-refractivity contribution in [1.82, 2.24) is 0 Å². The molecule has 0 aliphatic heterocycles. The van der Waals surface area contributed by atoms with Crippen LogP contribution in [0.3, 0.4) is 0 Å². The molecule has 0 aromatic heterocycles. The summed E-state index contributed by atoms with van der Waals surface area (Å²) < 4.78 is 30.0. The molecule has 1 unspecified atom stereocenters. The van der Waals surface area contributed by atoms with Gasteiger partial charge in [0.15, 0.2) is 6.10 Å². The second-order valence-electron chi connectivity index (χ2n) is 2.49. The van der Waals surface area contributed by atoms with E-state index in [1.165, 1.54) is 6.92 Å². The maximum absolute atomic E-state index is 12.6. The van der Waals surface area contributed by atoms with Crippen molar-refractivity contribution in [2.24, 2.45) is 0 Å². The average Bonchev–Trinajstić information content (AvgIpc) is 2.02. The predicted molar refractivity (Wildman–Crippen MR) is 42.1 cm³/mol. The molecule has 0 aliphatic carbocycles. The maximum atomic E-state index is 12.6. The molecule has 0 heterocycles. The highest BCUT2D eigenvalue weighted by Gasteiger charge is 2.04. The summed E-state index contributed by atoms with van der Waals surface area (Å²) in [6.45, 7) is 1.49. The third-order valence-electron chi connectivity index (χ3n) is 1.33. The molecule has 0 saturated heterocycles. The molecule has 2 nitrogen and oxygen atoms in total. The standard InChI is InChI=1S/C9H7F2NO/c1-6(5-12)13-9-3-7(10)2-8(11)4-9/h2-4,6H,1H3. The molecule has 1 aromatic carbocycles. The van der Waals surface area contributed by atoms with Gasteiger partial charge in [-0.05, 0) is 6.92 Å². The van der Waals surface area contributed by atoms with Gasteiger partial charge in [0.1, 0.15) is 23.5 Å². The van der Waals surface area contributed by atoms with Crippen molar-refractivity contribution in [3.8, 4) is 11.8 Å². The molecule has 1 atom stereocenters. The first kappa shape index (κ1) is 9.46. The van der Waals surface area contributed by atoms with Gasteiger partial charge < -0.3 is 4.74 Å². The van der Waals surface area contributed by atoms with Gasteiger partial charge >= 0.3 is 0 Å². The van der Waals surface area contributed by atoms with Crippen LogP contribution in [0.2, 0.25) is 0 Å². The van der Waals surface area contributed by atoms with Crippen LogP contribution in [-0.4, -0.2) is 6.10 Å². The first-order chi connectivity index (χ1) is 6.11. The molecule has 0 aliphatic rings. The summed E-state index contributed by atoms with van der Waals surface area (Å²) in [7, 11) is 0. The molecule has 13 heavy (non-hydrogen) atoms. The Morgan fingerprint density at radius 1 is 1.31 bits per heavy atom. The van der Waals surface area contributed by atoms with Crippen molar-refractivity contribution in [1.29, 1.82) is 5.26 Å². The Morgan fingerprint density at radius 2 is 1.85 bits per heavy atom. The monoisotopic (exact) mass is 183 g/mol. The molecule has 0 radical (unpaired) electrons. The van der Waals surface area contributed by atoms with Crippen LogP contribution in [0.25, 0.3) is 0 Å². The summed E-state index contributed by atoms with van der Waals surface area (Å²) in [5, 5.41) is 8.37. The fourth-order valence-corrected chi connectivity index (χ4v) is 0.827. The first-order valence-corrected chi connectivity index (χ1v) is 3.64. The summed E-state index contributed by atoms with van der Waals surface area (Å²) in [5.41, 5.74) is 0. The third-order valence-corrected chi connectivity index (χ3v) is 1.33. The van der Waals surface area contributed by atoms with Crippen LogP contribution in [-0.2, 0) is 0 Å². The van der Waals surface area contributed by atoms with Crippen LogP contribution in [0.1, 0.15) is 6.92 Å². The van der Waals surface area contributed by atoms with Crippen LogP contribution in [0.4, 0.5) is 8.78 Å². The predicted octanol–water partition coefficient (Wildman–Crippen LogP) is 2.26. The van der Waals surface area contributed by atoms with Crippen LogP contribution in [0.5, 0.6) is 5.75 Å². The van der Waals surface area contributed by atoms with Gasteiger partial charge in [0.05, 0.1) is 0 Å². The van der Waals surface area contributed by atoms with E-state index >= 15 is 0 Å². The van der Waals surface area contributed by atoms with Gasteiger partial charge in [-0.25, -0.2) is 8.78 Å². The van der Waals surface area contributed by atoms with Gasteiger partial charge in [0, 0.05) is 18.2 Å². The van der Waals surface area contributed by atoms with Gasteiger partial charge in [-0.2, -0.15) is 5.26 Å². The van der Waals surface area contributed by atoms with E-state index < -0.39 is 17.7 Å². The number of hydrogen-bond acceptors (Lipinski definition) is 2. The molecule has 0 N–H and O–H groups in total. The summed E-state index contributed by atoms with van der Waals surface area (Å²) in [4.78, 5) is 0. The van der Waals surface area contributed by atoms with Crippen molar-refractivity contribution >= 4 is 0 Å². The van der Waals surface area contributed by atoms with Gasteiger partial charge in [0.25, 0.3) is 0 Å². The number of ether oxygens (including phenoxy) is 1. The van der Waals surface area contributed by atoms with Gasteiger partial charge in [-0.1, -0.05) is 0 Å². The van der Waals surface area contributed by atoms with Crippen molar-refractivity contribution < 1.29 is 13.5 Å². The molecule has 0 saturated carbocycles. The molecule has 1 aromatic rings. The fraction of sp³-hybridized carbons (Fsp3) is 0.222. The number of nitriles is 1. The molecule has 0 spiro atoms. The van der Waals surface area contributed by atoms with Crippen molar-refractivity contribution in [2.75, 3.05) is 0 Å². The smallest absolute Gasteiger partial charge is 0.181 e. The van der Waals surface area contributed by atoms with E-state index in [-0.39, 0.29) is 5.75 Å². The average molecular weight is 183 g/mol. The Morgan fingerprint density at radius 3 is 2.31 bits per heavy atom. The molecular weight excluding hydrogens is 176 g/mol. The largest absolute Gasteiger partial charge is 0.476 e. The lowest BCUT2D eigenvalue weighted by Crippen LogP contribution is -2.08. The summed E-state index contributed by atoms with van der Waals surface area (Å²) in [6.07, 6.45) is -0.721. The van der Waals surface area contributed by atoms with E-state index in [9.17, 15) is 8.78 Å². The molecule has 0 amide bonds. The van der Waals surface area contributed by atoms with Crippen molar-refractivity contribution in [2.45, 2.75) is 13.0 Å². The van der Waals surface area contributed by atoms with E-state index in [4.69, 9.17) is 10.00 Å². The number of hydrogen-bond donors (Lipinski definition) is 0. The number of halogens is 2. The number of benzene rings is 1. The Hall–Kier alpha value is -1.63. The SMILES string of the molecule is CC(C#N)Oc1cc(F)cc(F)c1. The highest BCUT2D eigenvalue weighted by Crippen LogP contribution is 2.16. The lowest BCUT2D eigenvalue weighted by atomic mass is 10.3. The Kier molecular flexibility index (Phi) is 2.80. The summed E-state index contributed by atoms with van der Waals surface area (Å²) in [5.74, 6) is -1.42. The second kappa shape index (κ2) is 3.85. The quantitative estimate of drug-likeness (QED) is 0.704. The molecular formula is C9H7F2NO. The molecule has 0 bridgehead atoms. The topological polar surface area (TPSA) is 33.0 Å². The summed E-state index contributed by atoms with van der Waals surface area (Å²) >= 11 is 0. The lowest BCUT2D eigenvalue weighted by Gasteiger charge is -2.06. The van der Waals surface area contributed by atoms with Crippen LogP contribution >= 0.6 is 0 Å². The normalized spacial score (nSPS) is 11.8. The lowest BCUT2D eigenvalue weighted by molar-refractivity contribution is 0.273. The maximum Gasteiger partial charge on any atom is 0.181 e. The zero-order valence-corrected chi connectivity index (χ0v) is 6.92. The molecule has 4 heteroatoms.